The van der Waals surface area contributed by atoms with Crippen molar-refractivity contribution in [3.8, 4) is 5.75 Å². The fraction of sp³-hybridized carbons (Fsp3) is 0.296. The summed E-state index contributed by atoms with van der Waals surface area (Å²) in [5, 5.41) is 6.93. The molecular formula is C27H30FN7O2. The number of nitrogens with one attached hydrogen (secondary N) is 3. The lowest BCUT2D eigenvalue weighted by Crippen LogP contribution is -2.57. The fourth-order valence-electron chi connectivity index (χ4n) is 4.50. The summed E-state index contributed by atoms with van der Waals surface area (Å²) in [5.74, 6) is 1.01. The molecule has 1 aliphatic rings. The van der Waals surface area contributed by atoms with Crippen LogP contribution in [0.2, 0.25) is 0 Å². The van der Waals surface area contributed by atoms with Gasteiger partial charge in [0.25, 0.3) is 5.56 Å². The van der Waals surface area contributed by atoms with Gasteiger partial charge in [-0.15, -0.1) is 0 Å². The zero-order chi connectivity index (χ0) is 26.2. The van der Waals surface area contributed by atoms with Gasteiger partial charge >= 0.3 is 0 Å². The lowest BCUT2D eigenvalue weighted by molar-refractivity contribution is 0.139. The van der Waals surface area contributed by atoms with Crippen LogP contribution in [0.4, 0.5) is 33.2 Å². The van der Waals surface area contributed by atoms with E-state index in [-0.39, 0.29) is 16.7 Å². The van der Waals surface area contributed by atoms with Crippen LogP contribution in [-0.4, -0.2) is 59.2 Å². The molecule has 2 aromatic carbocycles. The molecule has 2 aromatic heterocycles. The molecule has 37 heavy (non-hydrogen) atoms. The van der Waals surface area contributed by atoms with Crippen molar-refractivity contribution in [2.45, 2.75) is 19.4 Å². The zero-order valence-corrected chi connectivity index (χ0v) is 21.3. The Balaban J connectivity index is 1.43. The monoisotopic (exact) mass is 503 g/mol. The zero-order valence-electron chi connectivity index (χ0n) is 21.3. The lowest BCUT2D eigenvalue weighted by atomic mass is 9.99. The van der Waals surface area contributed by atoms with Crippen LogP contribution in [0, 0.1) is 5.82 Å². The van der Waals surface area contributed by atoms with E-state index in [1.807, 2.05) is 18.2 Å². The SMILES string of the molecule is COc1ccc(N2CCN(C)C(C)(C)C2)c(Nc2nccc(Nc3cc4cccc(F)c4[nH]c3=O)n2)c1. The number of anilines is 5. The van der Waals surface area contributed by atoms with E-state index in [0.29, 0.717) is 22.9 Å². The highest BCUT2D eigenvalue weighted by atomic mass is 19.1. The van der Waals surface area contributed by atoms with Gasteiger partial charge in [-0.1, -0.05) is 12.1 Å². The molecule has 1 fully saturated rings. The first-order chi connectivity index (χ1) is 17.7. The molecule has 3 heterocycles. The molecule has 5 rings (SSSR count). The number of aromatic amines is 1. The molecule has 0 spiro atoms. The van der Waals surface area contributed by atoms with Gasteiger partial charge in [0, 0.05) is 42.8 Å². The van der Waals surface area contributed by atoms with Crippen LogP contribution in [0.15, 0.2) is 59.5 Å². The minimum atomic E-state index is -0.479. The molecule has 0 bridgehead atoms. The van der Waals surface area contributed by atoms with Crippen LogP contribution in [-0.2, 0) is 0 Å². The van der Waals surface area contributed by atoms with Crippen molar-refractivity contribution in [2.24, 2.45) is 0 Å². The second kappa shape index (κ2) is 9.70. The van der Waals surface area contributed by atoms with Gasteiger partial charge < -0.3 is 25.3 Å². The molecule has 0 amide bonds. The molecule has 10 heteroatoms. The molecule has 192 valence electrons. The van der Waals surface area contributed by atoms with Gasteiger partial charge in [-0.05, 0) is 51.2 Å². The van der Waals surface area contributed by atoms with Gasteiger partial charge in [-0.25, -0.2) is 9.37 Å². The first kappa shape index (κ1) is 24.5. The molecular weight excluding hydrogens is 473 g/mol. The number of aromatic nitrogens is 3. The number of H-pyrrole nitrogens is 1. The number of ether oxygens (including phenoxy) is 1. The minimum Gasteiger partial charge on any atom is -0.497 e. The van der Waals surface area contributed by atoms with E-state index in [1.165, 1.54) is 6.07 Å². The summed E-state index contributed by atoms with van der Waals surface area (Å²) in [4.78, 5) is 28.8. The third-order valence-corrected chi connectivity index (χ3v) is 6.85. The molecule has 0 unspecified atom stereocenters. The summed E-state index contributed by atoms with van der Waals surface area (Å²) in [6.45, 7) is 7.15. The average Bonchev–Trinajstić information content (AvgIpc) is 2.87. The Kier molecular flexibility index (Phi) is 6.43. The number of pyridine rings is 1. The van der Waals surface area contributed by atoms with Gasteiger partial charge in [0.1, 0.15) is 23.1 Å². The molecule has 1 saturated heterocycles. The molecule has 3 N–H and O–H groups in total. The largest absolute Gasteiger partial charge is 0.497 e. The first-order valence-corrected chi connectivity index (χ1v) is 12.1. The highest BCUT2D eigenvalue weighted by Crippen LogP contribution is 2.35. The van der Waals surface area contributed by atoms with E-state index < -0.39 is 11.4 Å². The number of methoxy groups -OCH3 is 1. The van der Waals surface area contributed by atoms with Crippen molar-refractivity contribution in [1.29, 1.82) is 0 Å². The third kappa shape index (κ3) is 5.05. The maximum absolute atomic E-state index is 14.0. The number of likely N-dealkylation sites (N-methyl/N-ethyl adjacent to an activating group) is 1. The van der Waals surface area contributed by atoms with E-state index >= 15 is 0 Å². The van der Waals surface area contributed by atoms with Gasteiger partial charge in [0.2, 0.25) is 5.95 Å². The van der Waals surface area contributed by atoms with E-state index in [0.717, 1.165) is 31.0 Å². The number of halogens is 1. The Morgan fingerprint density at radius 3 is 2.70 bits per heavy atom. The summed E-state index contributed by atoms with van der Waals surface area (Å²) in [6.07, 6.45) is 1.60. The Labute approximate surface area is 214 Å². The normalized spacial score (nSPS) is 15.5. The molecule has 9 nitrogen and oxygen atoms in total. The third-order valence-electron chi connectivity index (χ3n) is 6.85. The smallest absolute Gasteiger partial charge is 0.272 e. The van der Waals surface area contributed by atoms with Crippen molar-refractivity contribution in [2.75, 3.05) is 49.3 Å². The Bertz CT molecular complexity index is 1500. The Hall–Kier alpha value is -4.18. The number of nitrogens with zero attached hydrogens (tertiary/aromatic N) is 4. The van der Waals surface area contributed by atoms with E-state index in [4.69, 9.17) is 4.74 Å². The summed E-state index contributed by atoms with van der Waals surface area (Å²) in [7, 11) is 3.78. The van der Waals surface area contributed by atoms with Crippen LogP contribution >= 0.6 is 0 Å². The molecule has 0 saturated carbocycles. The van der Waals surface area contributed by atoms with Crippen molar-refractivity contribution in [1.82, 2.24) is 19.9 Å². The maximum atomic E-state index is 14.0. The number of hydrogen-bond acceptors (Lipinski definition) is 8. The van der Waals surface area contributed by atoms with Crippen LogP contribution in [0.1, 0.15) is 13.8 Å². The van der Waals surface area contributed by atoms with E-state index in [9.17, 15) is 9.18 Å². The summed E-state index contributed by atoms with van der Waals surface area (Å²) < 4.78 is 19.5. The van der Waals surface area contributed by atoms with Crippen LogP contribution in [0.25, 0.3) is 10.9 Å². The number of hydrogen-bond donors (Lipinski definition) is 3. The lowest BCUT2D eigenvalue weighted by Gasteiger charge is -2.46. The summed E-state index contributed by atoms with van der Waals surface area (Å²) in [5.41, 5.74) is 1.84. The average molecular weight is 504 g/mol. The standard InChI is InChI=1S/C27H30FN7O2/c1-27(2)16-35(13-12-34(27)3)22-9-8-18(37-4)15-20(22)31-26-29-11-10-23(32-26)30-21-14-17-6-5-7-19(28)24(17)33-25(21)36/h5-11,14-15H,12-13,16H2,1-4H3,(H,33,36)(H2,29,30,31,32). The van der Waals surface area contributed by atoms with Gasteiger partial charge in [-0.3, -0.25) is 9.69 Å². The highest BCUT2D eigenvalue weighted by Gasteiger charge is 2.32. The van der Waals surface area contributed by atoms with Crippen LogP contribution < -0.4 is 25.8 Å². The second-order valence-electron chi connectivity index (χ2n) is 9.77. The van der Waals surface area contributed by atoms with Crippen molar-refractivity contribution in [3.05, 3.63) is 70.9 Å². The molecule has 1 aliphatic heterocycles. The Morgan fingerprint density at radius 2 is 1.92 bits per heavy atom. The Morgan fingerprint density at radius 1 is 1.08 bits per heavy atom. The fourth-order valence-corrected chi connectivity index (χ4v) is 4.50. The van der Waals surface area contributed by atoms with E-state index in [2.05, 4.69) is 56.3 Å². The predicted octanol–water partition coefficient (Wildman–Crippen LogP) is 4.48. The molecule has 0 aliphatic carbocycles. The molecule has 0 radical (unpaired) electrons. The quantitative estimate of drug-likeness (QED) is 0.354. The van der Waals surface area contributed by atoms with Gasteiger partial charge in [-0.2, -0.15) is 4.98 Å². The van der Waals surface area contributed by atoms with Gasteiger partial charge in [0.05, 0.1) is 24.0 Å². The van der Waals surface area contributed by atoms with Crippen molar-refractivity contribution < 1.29 is 9.13 Å². The van der Waals surface area contributed by atoms with Crippen molar-refractivity contribution >= 4 is 39.7 Å². The molecule has 4 aromatic rings. The number of fused-ring (bicyclic) bond motifs is 1. The number of rotatable bonds is 6. The minimum absolute atomic E-state index is 0.0195. The predicted molar refractivity (Wildman–Crippen MR) is 145 cm³/mol. The summed E-state index contributed by atoms with van der Waals surface area (Å²) >= 11 is 0. The van der Waals surface area contributed by atoms with Crippen molar-refractivity contribution in [3.63, 3.8) is 0 Å². The highest BCUT2D eigenvalue weighted by molar-refractivity contribution is 5.83. The summed E-state index contributed by atoms with van der Waals surface area (Å²) in [6, 6.07) is 13.8. The topological polar surface area (TPSA) is 98.4 Å². The maximum Gasteiger partial charge on any atom is 0.272 e. The van der Waals surface area contributed by atoms with Gasteiger partial charge in [0.15, 0.2) is 0 Å². The van der Waals surface area contributed by atoms with Crippen LogP contribution in [0.3, 0.4) is 0 Å². The van der Waals surface area contributed by atoms with E-state index in [1.54, 1.807) is 37.6 Å². The second-order valence-corrected chi connectivity index (χ2v) is 9.77. The molecule has 0 atom stereocenters. The number of benzene rings is 2. The first-order valence-electron chi connectivity index (χ1n) is 12.1. The van der Waals surface area contributed by atoms with Crippen LogP contribution in [0.5, 0.6) is 5.75 Å². The number of piperazine rings is 1. The number of para-hydroxylation sites is 1.